The van der Waals surface area contributed by atoms with Crippen LogP contribution < -0.4 is 19.6 Å². The molecule has 63 heavy (non-hydrogen) atoms. The maximum absolute atomic E-state index is 14.8. The number of phenolic OH excluding ortho intramolecular Hbond substituents is 1. The molecular weight excluding hydrogens is 840 g/mol. The van der Waals surface area contributed by atoms with E-state index in [1.807, 2.05) is 0 Å². The Bertz CT molecular complexity index is 2180. The number of carbonyl (C=O) groups is 2. The number of aliphatic hydroxyl groups excluding tert-OH is 7. The Hall–Kier alpha value is -4.91. The predicted octanol–water partition coefficient (Wildman–Crippen LogP) is -0.327. The summed E-state index contributed by atoms with van der Waals surface area (Å²) >= 11 is 0. The monoisotopic (exact) mass is 892 g/mol. The van der Waals surface area contributed by atoms with Crippen LogP contribution in [-0.4, -0.2) is 159 Å². The molecule has 0 saturated carbocycles. The Morgan fingerprint density at radius 3 is 2.06 bits per heavy atom. The van der Waals surface area contributed by atoms with Gasteiger partial charge in [-0.2, -0.15) is 0 Å². The van der Waals surface area contributed by atoms with Gasteiger partial charge in [-0.1, -0.05) is 11.6 Å². The van der Waals surface area contributed by atoms with E-state index in [4.69, 9.17) is 47.0 Å². The van der Waals surface area contributed by atoms with Gasteiger partial charge >= 0.3 is 11.9 Å². The molecule has 3 aliphatic rings. The van der Waals surface area contributed by atoms with Gasteiger partial charge in [0.05, 0.1) is 26.4 Å². The first-order chi connectivity index (χ1) is 29.8. The van der Waals surface area contributed by atoms with Crippen molar-refractivity contribution in [2.45, 2.75) is 127 Å². The fourth-order valence-corrected chi connectivity index (χ4v) is 7.39. The van der Waals surface area contributed by atoms with Crippen molar-refractivity contribution < 1.29 is 97.5 Å². The number of carbonyl (C=O) groups excluding carboxylic acids is 2. The molecule has 21 nitrogen and oxygen atoms in total. The van der Waals surface area contributed by atoms with Crippen LogP contribution in [0.2, 0.25) is 0 Å². The zero-order chi connectivity index (χ0) is 46.0. The van der Waals surface area contributed by atoms with Crippen molar-refractivity contribution in [3.05, 3.63) is 57.8 Å². The summed E-state index contributed by atoms with van der Waals surface area (Å²) in [6.45, 7) is 6.00. The van der Waals surface area contributed by atoms with E-state index in [2.05, 4.69) is 0 Å². The molecule has 14 atom stereocenters. The van der Waals surface area contributed by atoms with Crippen molar-refractivity contribution in [1.29, 1.82) is 0 Å². The summed E-state index contributed by atoms with van der Waals surface area (Å²) in [5.74, 6) is -2.94. The van der Waals surface area contributed by atoms with E-state index in [0.29, 0.717) is 5.75 Å². The molecule has 8 N–H and O–H groups in total. The molecule has 2 aromatic carbocycles. The third-order valence-corrected chi connectivity index (χ3v) is 10.6. The van der Waals surface area contributed by atoms with Crippen LogP contribution in [0.15, 0.2) is 51.2 Å². The molecule has 3 fully saturated rings. The number of ether oxygens (including phenoxy) is 9. The summed E-state index contributed by atoms with van der Waals surface area (Å²) in [6, 6.07) is 7.21. The molecule has 0 bridgehead atoms. The van der Waals surface area contributed by atoms with Crippen LogP contribution in [0.3, 0.4) is 0 Å². The molecule has 346 valence electrons. The third-order valence-electron chi connectivity index (χ3n) is 10.6. The van der Waals surface area contributed by atoms with E-state index in [-0.39, 0.29) is 34.6 Å². The van der Waals surface area contributed by atoms with Crippen molar-refractivity contribution in [1.82, 2.24) is 0 Å². The molecular formula is C42H52O21. The summed E-state index contributed by atoms with van der Waals surface area (Å²) in [6.07, 6.45) is -20.9. The normalized spacial score (nSPS) is 32.1. The van der Waals surface area contributed by atoms with Crippen LogP contribution in [-0.2, 0) is 44.4 Å². The summed E-state index contributed by atoms with van der Waals surface area (Å²) in [5, 5.41) is 85.7. The Morgan fingerprint density at radius 2 is 1.44 bits per heavy atom. The summed E-state index contributed by atoms with van der Waals surface area (Å²) in [4.78, 5) is 38.8. The van der Waals surface area contributed by atoms with Crippen molar-refractivity contribution in [3.8, 4) is 34.3 Å². The highest BCUT2D eigenvalue weighted by atomic mass is 16.7. The predicted molar refractivity (Wildman–Crippen MR) is 212 cm³/mol. The first-order valence-electron chi connectivity index (χ1n) is 19.9. The van der Waals surface area contributed by atoms with Crippen molar-refractivity contribution >= 4 is 22.9 Å². The third kappa shape index (κ3) is 10.1. The van der Waals surface area contributed by atoms with E-state index < -0.39 is 133 Å². The van der Waals surface area contributed by atoms with Crippen LogP contribution in [0.25, 0.3) is 22.3 Å². The zero-order valence-electron chi connectivity index (χ0n) is 35.1. The maximum Gasteiger partial charge on any atom is 0.303 e. The number of benzene rings is 2. The summed E-state index contributed by atoms with van der Waals surface area (Å²) in [5.41, 5.74) is -0.0286. The van der Waals surface area contributed by atoms with Gasteiger partial charge in [-0.15, -0.1) is 0 Å². The number of rotatable bonds is 13. The highest BCUT2D eigenvalue weighted by Gasteiger charge is 2.52. The van der Waals surface area contributed by atoms with Crippen molar-refractivity contribution in [3.63, 3.8) is 0 Å². The van der Waals surface area contributed by atoms with Crippen LogP contribution in [0.1, 0.15) is 40.2 Å². The second kappa shape index (κ2) is 19.9. The number of esters is 2. The van der Waals surface area contributed by atoms with Gasteiger partial charge in [-0.3, -0.25) is 14.4 Å². The maximum atomic E-state index is 14.8. The molecule has 1 aromatic heterocycles. The molecule has 21 heteroatoms. The largest absolute Gasteiger partial charge is 0.507 e. The average molecular weight is 893 g/mol. The Labute approximate surface area is 359 Å². The Morgan fingerprint density at radius 1 is 0.810 bits per heavy atom. The average Bonchev–Trinajstić information content (AvgIpc) is 3.23. The topological polar surface area (TPSA) is 309 Å². The summed E-state index contributed by atoms with van der Waals surface area (Å²) < 4.78 is 57.5. The van der Waals surface area contributed by atoms with Crippen LogP contribution in [0, 0.1) is 0 Å². The SMILES string of the molecule is COc1ccc(-c2oc3c(CC=C(C)C)c(OC4OC(CO)C(O)C(O)C4O)cc(O)c3c(=O)c2OC2OC(C)C(OC(C)=O)C(OC3OCC(O)C(OC(C)=O)C3O)C2O)cc1. The lowest BCUT2D eigenvalue weighted by Gasteiger charge is -2.45. The minimum absolute atomic E-state index is 0.0000166. The van der Waals surface area contributed by atoms with Crippen LogP contribution >= 0.6 is 0 Å². The summed E-state index contributed by atoms with van der Waals surface area (Å²) in [7, 11) is 1.44. The second-order valence-electron chi connectivity index (χ2n) is 15.5. The van der Waals surface area contributed by atoms with Gasteiger partial charge in [0, 0.05) is 31.0 Å². The molecule has 0 amide bonds. The minimum atomic E-state index is -1.95. The molecule has 3 aliphatic heterocycles. The van der Waals surface area contributed by atoms with E-state index in [1.54, 1.807) is 32.1 Å². The Balaban J connectivity index is 1.46. The van der Waals surface area contributed by atoms with E-state index in [0.717, 1.165) is 25.5 Å². The number of aromatic hydroxyl groups is 1. The number of hydrogen-bond acceptors (Lipinski definition) is 21. The smallest absolute Gasteiger partial charge is 0.303 e. The number of phenols is 1. The highest BCUT2D eigenvalue weighted by molar-refractivity contribution is 5.91. The van der Waals surface area contributed by atoms with Crippen molar-refractivity contribution in [2.24, 2.45) is 0 Å². The van der Waals surface area contributed by atoms with Gasteiger partial charge in [0.1, 0.15) is 77.0 Å². The van der Waals surface area contributed by atoms with E-state index in [9.17, 15) is 55.2 Å². The lowest BCUT2D eigenvalue weighted by molar-refractivity contribution is -0.337. The van der Waals surface area contributed by atoms with Crippen LogP contribution in [0.5, 0.6) is 23.0 Å². The fourth-order valence-electron chi connectivity index (χ4n) is 7.39. The molecule has 6 rings (SSSR count). The molecule has 3 saturated heterocycles. The van der Waals surface area contributed by atoms with Gasteiger partial charge in [0.15, 0.2) is 24.3 Å². The van der Waals surface area contributed by atoms with E-state index >= 15 is 0 Å². The standard InChI is InChI=1S/C42H52O21/c1-16(2)7-12-22-25(59-41-31(51)30(50)28(48)26(14-43)60-41)13-23(46)27-29(49)38(35(61-36(22)27)20-8-10-21(54-6)11-9-20)63-42-33(53)39(34(17(3)56-42)57-18(4)44)62-40-32(52)37(58-19(5)45)24(47)15-55-40/h7-11,13,17,24,26,28,30-34,37,39-43,46-48,50-53H,12,14-15H2,1-6H3. The lowest BCUT2D eigenvalue weighted by Crippen LogP contribution is -2.64. The number of aliphatic hydroxyl groups is 7. The number of hydrogen-bond donors (Lipinski definition) is 8. The lowest BCUT2D eigenvalue weighted by atomic mass is 9.98. The zero-order valence-corrected chi connectivity index (χ0v) is 35.1. The van der Waals surface area contributed by atoms with E-state index in [1.165, 1.54) is 26.2 Å². The molecule has 0 radical (unpaired) electrons. The number of allylic oxidation sites excluding steroid dienone is 2. The first kappa shape index (κ1) is 47.6. The molecule has 0 spiro atoms. The van der Waals surface area contributed by atoms with Gasteiger partial charge < -0.3 is 87.9 Å². The van der Waals surface area contributed by atoms with Gasteiger partial charge in [0.25, 0.3) is 0 Å². The molecule has 4 heterocycles. The van der Waals surface area contributed by atoms with Crippen LogP contribution in [0.4, 0.5) is 0 Å². The van der Waals surface area contributed by atoms with Gasteiger partial charge in [-0.05, 0) is 51.5 Å². The number of fused-ring (bicyclic) bond motifs is 1. The molecule has 3 aromatic rings. The molecule has 0 aliphatic carbocycles. The highest BCUT2D eigenvalue weighted by Crippen LogP contribution is 2.42. The molecule has 14 unspecified atom stereocenters. The fraction of sp³-hybridized carbons (Fsp3) is 0.548. The quantitative estimate of drug-likeness (QED) is 0.0805. The Kier molecular flexibility index (Phi) is 15.0. The van der Waals surface area contributed by atoms with Gasteiger partial charge in [0.2, 0.25) is 23.8 Å². The second-order valence-corrected chi connectivity index (χ2v) is 15.5. The van der Waals surface area contributed by atoms with Crippen molar-refractivity contribution in [2.75, 3.05) is 20.3 Å². The minimum Gasteiger partial charge on any atom is -0.507 e. The first-order valence-corrected chi connectivity index (χ1v) is 19.9. The number of methoxy groups -OCH3 is 1. The van der Waals surface area contributed by atoms with Gasteiger partial charge in [-0.25, -0.2) is 0 Å².